The molecule has 1 aliphatic heterocycles. The van der Waals surface area contributed by atoms with Gasteiger partial charge in [0.15, 0.2) is 0 Å². The maximum Gasteiger partial charge on any atom is 0.258 e. The predicted octanol–water partition coefficient (Wildman–Crippen LogP) is 3.17. The van der Waals surface area contributed by atoms with E-state index in [0.29, 0.717) is 17.8 Å². The van der Waals surface area contributed by atoms with Gasteiger partial charge in [0.25, 0.3) is 5.56 Å². The first-order valence-electron chi connectivity index (χ1n) is 8.62. The molecular weight excluding hydrogens is 334 g/mol. The summed E-state index contributed by atoms with van der Waals surface area (Å²) in [5.74, 6) is 0.707. The molecule has 1 atom stereocenters. The average Bonchev–Trinajstić information content (AvgIpc) is 3.29. The van der Waals surface area contributed by atoms with E-state index in [1.807, 2.05) is 18.2 Å². The molecule has 2 aromatic heterocycles. The number of fused-ring (bicyclic) bond motifs is 1. The van der Waals surface area contributed by atoms with Gasteiger partial charge < -0.3 is 9.72 Å². The molecule has 1 aromatic carbocycles. The molecule has 5 nitrogen and oxygen atoms in total. The van der Waals surface area contributed by atoms with Crippen LogP contribution in [0.25, 0.3) is 10.9 Å². The molecule has 1 aliphatic rings. The molecule has 130 valence electrons. The summed E-state index contributed by atoms with van der Waals surface area (Å²) in [4.78, 5) is 23.5. The molecule has 6 heteroatoms. The normalized spacial score (nSPS) is 17.6. The Bertz CT molecular complexity index is 885. The minimum absolute atomic E-state index is 0.0752. The van der Waals surface area contributed by atoms with E-state index in [2.05, 4.69) is 32.4 Å². The zero-order valence-corrected chi connectivity index (χ0v) is 14.8. The number of para-hydroxylation sites is 1. The number of benzene rings is 1. The molecule has 4 rings (SSSR count). The van der Waals surface area contributed by atoms with Crippen molar-refractivity contribution < 1.29 is 4.74 Å². The monoisotopic (exact) mass is 355 g/mol. The largest absolute Gasteiger partial charge is 0.377 e. The minimum atomic E-state index is -0.0752. The first kappa shape index (κ1) is 16.4. The average molecular weight is 355 g/mol. The summed E-state index contributed by atoms with van der Waals surface area (Å²) in [5, 5.41) is 2.73. The standard InChI is InChI=1S/C19H21N3O2S/c23-19-16-7-1-2-8-17(16)20-18(21-19)13-22(11-14-5-3-9-24-14)12-15-6-4-10-25-15/h1-2,4,6-8,10,14H,3,5,9,11-13H2,(H,20,21,23)/t14-/m1/s1. The fraction of sp³-hybridized carbons (Fsp3) is 0.368. The highest BCUT2D eigenvalue weighted by Crippen LogP contribution is 2.18. The number of H-pyrrole nitrogens is 1. The van der Waals surface area contributed by atoms with Gasteiger partial charge in [-0.15, -0.1) is 11.3 Å². The second kappa shape index (κ2) is 7.47. The number of nitrogens with one attached hydrogen (secondary N) is 1. The van der Waals surface area contributed by atoms with Crippen LogP contribution < -0.4 is 5.56 Å². The summed E-state index contributed by atoms with van der Waals surface area (Å²) in [5.41, 5.74) is 0.670. The SMILES string of the molecule is O=c1[nH]c(CN(Cc2cccs2)C[C@H]2CCCO2)nc2ccccc12. The van der Waals surface area contributed by atoms with Crippen molar-refractivity contribution in [2.45, 2.75) is 32.0 Å². The number of thiophene rings is 1. The number of rotatable bonds is 6. The Kier molecular flexibility index (Phi) is 4.92. The van der Waals surface area contributed by atoms with Crippen LogP contribution in [0.3, 0.4) is 0 Å². The van der Waals surface area contributed by atoms with Gasteiger partial charge in [-0.3, -0.25) is 9.69 Å². The molecular formula is C19H21N3O2S. The maximum atomic E-state index is 12.3. The molecule has 0 unspecified atom stereocenters. The molecule has 0 amide bonds. The van der Waals surface area contributed by atoms with Crippen molar-refractivity contribution in [3.63, 3.8) is 0 Å². The highest BCUT2D eigenvalue weighted by molar-refractivity contribution is 7.09. The van der Waals surface area contributed by atoms with Crippen molar-refractivity contribution in [3.8, 4) is 0 Å². The van der Waals surface area contributed by atoms with E-state index in [-0.39, 0.29) is 11.7 Å². The molecule has 0 bridgehead atoms. The summed E-state index contributed by atoms with van der Waals surface area (Å²) >= 11 is 1.75. The topological polar surface area (TPSA) is 58.2 Å². The lowest BCUT2D eigenvalue weighted by molar-refractivity contribution is 0.0674. The van der Waals surface area contributed by atoms with Crippen LogP contribution in [0.15, 0.2) is 46.6 Å². The van der Waals surface area contributed by atoms with Crippen LogP contribution in [-0.2, 0) is 17.8 Å². The van der Waals surface area contributed by atoms with Crippen LogP contribution in [0.1, 0.15) is 23.5 Å². The van der Waals surface area contributed by atoms with Crippen LogP contribution in [0.2, 0.25) is 0 Å². The van der Waals surface area contributed by atoms with Crippen molar-refractivity contribution >= 4 is 22.2 Å². The molecule has 0 saturated carbocycles. The smallest absolute Gasteiger partial charge is 0.258 e. The van der Waals surface area contributed by atoms with E-state index in [4.69, 9.17) is 4.74 Å². The first-order chi connectivity index (χ1) is 12.3. The van der Waals surface area contributed by atoms with Gasteiger partial charge in [-0.25, -0.2) is 4.98 Å². The van der Waals surface area contributed by atoms with Gasteiger partial charge >= 0.3 is 0 Å². The van der Waals surface area contributed by atoms with E-state index in [1.54, 1.807) is 17.4 Å². The Balaban J connectivity index is 1.57. The summed E-state index contributed by atoms with van der Waals surface area (Å²) in [7, 11) is 0. The van der Waals surface area contributed by atoms with Crippen LogP contribution in [0.4, 0.5) is 0 Å². The van der Waals surface area contributed by atoms with E-state index in [1.165, 1.54) is 4.88 Å². The zero-order chi connectivity index (χ0) is 17.1. The number of ether oxygens (including phenoxy) is 1. The Morgan fingerprint density at radius 2 is 2.16 bits per heavy atom. The Labute approximate surface area is 150 Å². The lowest BCUT2D eigenvalue weighted by Crippen LogP contribution is -2.32. The lowest BCUT2D eigenvalue weighted by Gasteiger charge is -2.24. The fourth-order valence-electron chi connectivity index (χ4n) is 3.31. The number of hydrogen-bond acceptors (Lipinski definition) is 5. The van der Waals surface area contributed by atoms with E-state index < -0.39 is 0 Å². The molecule has 0 spiro atoms. The van der Waals surface area contributed by atoms with Gasteiger partial charge in [0.1, 0.15) is 5.82 Å². The van der Waals surface area contributed by atoms with Gasteiger partial charge in [-0.1, -0.05) is 18.2 Å². The molecule has 0 aliphatic carbocycles. The summed E-state index contributed by atoms with van der Waals surface area (Å²) < 4.78 is 5.80. The van der Waals surface area contributed by atoms with Gasteiger partial charge in [-0.2, -0.15) is 0 Å². The number of nitrogens with zero attached hydrogens (tertiary/aromatic N) is 2. The molecule has 1 fully saturated rings. The van der Waals surface area contributed by atoms with Crippen molar-refractivity contribution in [2.75, 3.05) is 13.2 Å². The number of hydrogen-bond donors (Lipinski definition) is 1. The minimum Gasteiger partial charge on any atom is -0.377 e. The summed E-state index contributed by atoms with van der Waals surface area (Å²) in [6.45, 7) is 3.16. The fourth-order valence-corrected chi connectivity index (χ4v) is 4.05. The molecule has 3 heterocycles. The summed E-state index contributed by atoms with van der Waals surface area (Å²) in [6, 6.07) is 11.7. The third-order valence-corrected chi connectivity index (χ3v) is 5.34. The molecule has 3 aromatic rings. The Hall–Kier alpha value is -2.02. The van der Waals surface area contributed by atoms with E-state index in [9.17, 15) is 4.79 Å². The lowest BCUT2D eigenvalue weighted by atomic mass is 10.2. The van der Waals surface area contributed by atoms with Crippen LogP contribution in [0.5, 0.6) is 0 Å². The molecule has 0 radical (unpaired) electrons. The van der Waals surface area contributed by atoms with E-state index in [0.717, 1.165) is 38.1 Å². The van der Waals surface area contributed by atoms with E-state index >= 15 is 0 Å². The second-order valence-electron chi connectivity index (χ2n) is 6.41. The zero-order valence-electron chi connectivity index (χ0n) is 14.0. The third kappa shape index (κ3) is 3.98. The van der Waals surface area contributed by atoms with Gasteiger partial charge in [0.2, 0.25) is 0 Å². The Morgan fingerprint density at radius 1 is 1.24 bits per heavy atom. The van der Waals surface area contributed by atoms with Crippen molar-refractivity contribution in [3.05, 3.63) is 62.8 Å². The van der Waals surface area contributed by atoms with Crippen molar-refractivity contribution in [1.29, 1.82) is 0 Å². The molecule has 1 saturated heterocycles. The van der Waals surface area contributed by atoms with Crippen LogP contribution in [0, 0.1) is 0 Å². The second-order valence-corrected chi connectivity index (χ2v) is 7.45. The maximum absolute atomic E-state index is 12.3. The van der Waals surface area contributed by atoms with Crippen molar-refractivity contribution in [2.24, 2.45) is 0 Å². The molecule has 25 heavy (non-hydrogen) atoms. The summed E-state index contributed by atoms with van der Waals surface area (Å²) in [6.07, 6.45) is 2.50. The Morgan fingerprint density at radius 3 is 2.96 bits per heavy atom. The quantitative estimate of drug-likeness (QED) is 0.738. The van der Waals surface area contributed by atoms with Gasteiger partial charge in [-0.05, 0) is 36.4 Å². The number of aromatic nitrogens is 2. The van der Waals surface area contributed by atoms with Crippen LogP contribution >= 0.6 is 11.3 Å². The highest BCUT2D eigenvalue weighted by atomic mass is 32.1. The van der Waals surface area contributed by atoms with Gasteiger partial charge in [0, 0.05) is 24.6 Å². The highest BCUT2D eigenvalue weighted by Gasteiger charge is 2.20. The van der Waals surface area contributed by atoms with Gasteiger partial charge in [0.05, 0.1) is 23.6 Å². The predicted molar refractivity (Wildman–Crippen MR) is 99.8 cm³/mol. The number of aromatic amines is 1. The van der Waals surface area contributed by atoms with Crippen LogP contribution in [-0.4, -0.2) is 34.1 Å². The molecule has 1 N–H and O–H groups in total. The van der Waals surface area contributed by atoms with Crippen molar-refractivity contribution in [1.82, 2.24) is 14.9 Å². The third-order valence-electron chi connectivity index (χ3n) is 4.48. The first-order valence-corrected chi connectivity index (χ1v) is 9.50.